The molecule has 0 spiro atoms. The summed E-state index contributed by atoms with van der Waals surface area (Å²) in [5, 5.41) is 4.11. The molecular weight excluding hydrogens is 258 g/mol. The van der Waals surface area contributed by atoms with Gasteiger partial charge in [-0.2, -0.15) is 11.3 Å². The lowest BCUT2D eigenvalue weighted by Crippen LogP contribution is -2.33. The highest BCUT2D eigenvalue weighted by Crippen LogP contribution is 2.30. The van der Waals surface area contributed by atoms with Crippen LogP contribution in [0.15, 0.2) is 35.2 Å². The quantitative estimate of drug-likeness (QED) is 0.931. The number of nitrogen functional groups attached to an aromatic ring is 1. The molecule has 1 amide bonds. The maximum atomic E-state index is 12.5. The van der Waals surface area contributed by atoms with E-state index >= 15 is 0 Å². The van der Waals surface area contributed by atoms with Gasteiger partial charge in [-0.15, -0.1) is 0 Å². The Bertz CT molecular complexity index is 578. The minimum absolute atomic E-state index is 0.0269. The van der Waals surface area contributed by atoms with E-state index in [2.05, 4.69) is 16.4 Å². The Morgan fingerprint density at radius 1 is 1.47 bits per heavy atom. The predicted molar refractivity (Wildman–Crippen MR) is 75.9 cm³/mol. The number of aromatic nitrogens is 1. The molecule has 4 nitrogen and oxygen atoms in total. The first-order chi connectivity index (χ1) is 9.24. The molecule has 1 fully saturated rings. The van der Waals surface area contributed by atoms with E-state index in [-0.39, 0.29) is 5.91 Å². The number of nitrogens with two attached hydrogens (primary N) is 1. The highest BCUT2D eigenvalue weighted by atomic mass is 32.1. The van der Waals surface area contributed by atoms with E-state index in [0.29, 0.717) is 24.0 Å². The topological polar surface area (TPSA) is 59.2 Å². The molecule has 2 aromatic heterocycles. The molecule has 98 valence electrons. The molecule has 0 radical (unpaired) electrons. The summed E-state index contributed by atoms with van der Waals surface area (Å²) in [6, 6.07) is 5.75. The first-order valence-corrected chi connectivity index (χ1v) is 7.22. The molecule has 0 atom stereocenters. The summed E-state index contributed by atoms with van der Waals surface area (Å²) in [4.78, 5) is 18.6. The van der Waals surface area contributed by atoms with E-state index in [1.54, 1.807) is 29.7 Å². The average molecular weight is 273 g/mol. The van der Waals surface area contributed by atoms with Gasteiger partial charge in [0.05, 0.1) is 0 Å². The molecule has 1 aliphatic carbocycles. The third kappa shape index (κ3) is 2.76. The van der Waals surface area contributed by atoms with E-state index in [1.165, 1.54) is 5.56 Å². The normalized spacial score (nSPS) is 14.3. The van der Waals surface area contributed by atoms with Crippen LogP contribution in [0.4, 0.5) is 5.69 Å². The molecule has 0 aromatic carbocycles. The largest absolute Gasteiger partial charge is 0.399 e. The van der Waals surface area contributed by atoms with Crippen molar-refractivity contribution in [3.63, 3.8) is 0 Å². The second-order valence-corrected chi connectivity index (χ2v) is 5.55. The standard InChI is InChI=1S/C14H15N3OS/c15-11-3-5-16-13(7-11)14(18)17(12-1-2-12)8-10-4-6-19-9-10/h3-7,9,12H,1-2,8H2,(H2,15,16). The summed E-state index contributed by atoms with van der Waals surface area (Å²) in [6.07, 6.45) is 3.74. The first-order valence-electron chi connectivity index (χ1n) is 6.27. The first kappa shape index (κ1) is 12.2. The Morgan fingerprint density at radius 3 is 2.95 bits per heavy atom. The average Bonchev–Trinajstić information content (AvgIpc) is 3.12. The van der Waals surface area contributed by atoms with Crippen LogP contribution >= 0.6 is 11.3 Å². The van der Waals surface area contributed by atoms with Crippen molar-refractivity contribution >= 4 is 22.9 Å². The van der Waals surface area contributed by atoms with Gasteiger partial charge in [0.25, 0.3) is 5.91 Å². The molecule has 19 heavy (non-hydrogen) atoms. The fourth-order valence-electron chi connectivity index (χ4n) is 2.04. The molecule has 2 heterocycles. The summed E-state index contributed by atoms with van der Waals surface area (Å²) in [5.41, 5.74) is 7.90. The third-order valence-corrected chi connectivity index (χ3v) is 3.92. The minimum Gasteiger partial charge on any atom is -0.399 e. The molecule has 3 rings (SSSR count). The van der Waals surface area contributed by atoms with Gasteiger partial charge in [0, 0.05) is 24.5 Å². The monoisotopic (exact) mass is 273 g/mol. The van der Waals surface area contributed by atoms with Crippen LogP contribution < -0.4 is 5.73 Å². The number of amides is 1. The second-order valence-electron chi connectivity index (χ2n) is 4.77. The van der Waals surface area contributed by atoms with Gasteiger partial charge in [-0.25, -0.2) is 0 Å². The Balaban J connectivity index is 1.82. The highest BCUT2D eigenvalue weighted by Gasteiger charge is 2.33. The molecular formula is C14H15N3OS. The number of nitrogens with zero attached hydrogens (tertiary/aromatic N) is 2. The molecule has 2 N–H and O–H groups in total. The molecule has 1 aliphatic rings. The van der Waals surface area contributed by atoms with Crippen molar-refractivity contribution < 1.29 is 4.79 Å². The number of hydrogen-bond acceptors (Lipinski definition) is 4. The van der Waals surface area contributed by atoms with Crippen LogP contribution in [0.3, 0.4) is 0 Å². The molecule has 5 heteroatoms. The van der Waals surface area contributed by atoms with Gasteiger partial charge < -0.3 is 10.6 Å². The van der Waals surface area contributed by atoms with Gasteiger partial charge in [-0.05, 0) is 47.4 Å². The Hall–Kier alpha value is -1.88. The van der Waals surface area contributed by atoms with Crippen LogP contribution in [0.1, 0.15) is 28.9 Å². The van der Waals surface area contributed by atoms with E-state index in [1.807, 2.05) is 10.3 Å². The summed E-state index contributed by atoms with van der Waals surface area (Å²) >= 11 is 1.65. The molecule has 0 saturated heterocycles. The Labute approximate surface area is 115 Å². The number of rotatable bonds is 4. The van der Waals surface area contributed by atoms with Crippen molar-refractivity contribution in [2.45, 2.75) is 25.4 Å². The summed E-state index contributed by atoms with van der Waals surface area (Å²) in [5.74, 6) is -0.0269. The lowest BCUT2D eigenvalue weighted by molar-refractivity contribution is 0.0724. The molecule has 2 aromatic rings. The smallest absolute Gasteiger partial charge is 0.273 e. The van der Waals surface area contributed by atoms with Crippen LogP contribution in [0.2, 0.25) is 0 Å². The van der Waals surface area contributed by atoms with Crippen molar-refractivity contribution in [1.82, 2.24) is 9.88 Å². The number of carbonyl (C=O) groups is 1. The summed E-state index contributed by atoms with van der Waals surface area (Å²) < 4.78 is 0. The van der Waals surface area contributed by atoms with Crippen molar-refractivity contribution in [2.24, 2.45) is 0 Å². The van der Waals surface area contributed by atoms with Gasteiger partial charge in [0.1, 0.15) is 5.69 Å². The maximum absolute atomic E-state index is 12.5. The zero-order valence-electron chi connectivity index (χ0n) is 10.5. The Kier molecular flexibility index (Phi) is 3.21. The zero-order valence-corrected chi connectivity index (χ0v) is 11.3. The molecule has 0 unspecified atom stereocenters. The molecule has 0 bridgehead atoms. The fraction of sp³-hybridized carbons (Fsp3) is 0.286. The molecule has 1 saturated carbocycles. The molecule has 0 aliphatic heterocycles. The third-order valence-electron chi connectivity index (χ3n) is 3.18. The van der Waals surface area contributed by atoms with Gasteiger partial charge >= 0.3 is 0 Å². The van der Waals surface area contributed by atoms with Crippen molar-refractivity contribution in [3.8, 4) is 0 Å². The second kappa shape index (κ2) is 5.01. The number of thiophene rings is 1. The van der Waals surface area contributed by atoms with Gasteiger partial charge in [-0.3, -0.25) is 9.78 Å². The number of carbonyl (C=O) groups excluding carboxylic acids is 1. The van der Waals surface area contributed by atoms with Gasteiger partial charge in [0.2, 0.25) is 0 Å². The van der Waals surface area contributed by atoms with E-state index < -0.39 is 0 Å². The highest BCUT2D eigenvalue weighted by molar-refractivity contribution is 7.07. The maximum Gasteiger partial charge on any atom is 0.273 e. The number of anilines is 1. The van der Waals surface area contributed by atoms with E-state index in [0.717, 1.165) is 12.8 Å². The lowest BCUT2D eigenvalue weighted by Gasteiger charge is -2.21. The predicted octanol–water partition coefficient (Wildman–Crippen LogP) is 2.53. The van der Waals surface area contributed by atoms with Crippen LogP contribution in [-0.2, 0) is 6.54 Å². The summed E-state index contributed by atoms with van der Waals surface area (Å²) in [7, 11) is 0. The van der Waals surface area contributed by atoms with Crippen molar-refractivity contribution in [1.29, 1.82) is 0 Å². The van der Waals surface area contributed by atoms with Crippen molar-refractivity contribution in [2.75, 3.05) is 5.73 Å². The van der Waals surface area contributed by atoms with Crippen LogP contribution in [-0.4, -0.2) is 21.8 Å². The number of hydrogen-bond donors (Lipinski definition) is 1. The SMILES string of the molecule is Nc1ccnc(C(=O)N(Cc2ccsc2)C2CC2)c1. The zero-order chi connectivity index (χ0) is 13.2. The van der Waals surface area contributed by atoms with E-state index in [9.17, 15) is 4.79 Å². The van der Waals surface area contributed by atoms with Crippen LogP contribution in [0.25, 0.3) is 0 Å². The number of pyridine rings is 1. The summed E-state index contributed by atoms with van der Waals surface area (Å²) in [6.45, 7) is 0.656. The van der Waals surface area contributed by atoms with Gasteiger partial charge in [-0.1, -0.05) is 0 Å². The fourth-order valence-corrected chi connectivity index (χ4v) is 2.70. The van der Waals surface area contributed by atoms with Crippen LogP contribution in [0.5, 0.6) is 0 Å². The van der Waals surface area contributed by atoms with E-state index in [4.69, 9.17) is 5.73 Å². The van der Waals surface area contributed by atoms with Crippen LogP contribution in [0, 0.1) is 0 Å². The van der Waals surface area contributed by atoms with Crippen molar-refractivity contribution in [3.05, 3.63) is 46.4 Å². The Morgan fingerprint density at radius 2 is 2.32 bits per heavy atom. The van der Waals surface area contributed by atoms with Gasteiger partial charge in [0.15, 0.2) is 0 Å². The lowest BCUT2D eigenvalue weighted by atomic mass is 10.2. The minimum atomic E-state index is -0.0269.